The zero-order valence-corrected chi connectivity index (χ0v) is 32.4. The standard InChI is InChI=1S/C43H85NO4/c1-3-5-7-9-11-13-15-17-18-19-20-21-22-23-24-25-26-28-30-32-34-36-38-42(47)44-40(39-45)43(48)41(46)37-35-33-31-29-27-16-14-12-10-8-6-4-2/h22-23,40-41,43,45-46,48H,3-21,24-39H2,1-2H3,(H,44,47)/b23-22-. The lowest BCUT2D eigenvalue weighted by atomic mass is 9.99. The molecule has 48 heavy (non-hydrogen) atoms. The van der Waals surface area contributed by atoms with Crippen molar-refractivity contribution in [2.45, 2.75) is 250 Å². The summed E-state index contributed by atoms with van der Waals surface area (Å²) in [5.74, 6) is -0.148. The van der Waals surface area contributed by atoms with Gasteiger partial charge in [0.1, 0.15) is 6.10 Å². The molecule has 4 N–H and O–H groups in total. The van der Waals surface area contributed by atoms with Crippen LogP contribution in [-0.4, -0.2) is 46.1 Å². The van der Waals surface area contributed by atoms with Crippen LogP contribution < -0.4 is 5.32 Å². The molecule has 3 unspecified atom stereocenters. The molecule has 0 saturated heterocycles. The van der Waals surface area contributed by atoms with Gasteiger partial charge in [0.25, 0.3) is 0 Å². The molecule has 0 heterocycles. The second-order valence-electron chi connectivity index (χ2n) is 14.9. The van der Waals surface area contributed by atoms with Gasteiger partial charge in [0.15, 0.2) is 0 Å². The second-order valence-corrected chi connectivity index (χ2v) is 14.9. The van der Waals surface area contributed by atoms with Crippen LogP contribution in [0.2, 0.25) is 0 Å². The average Bonchev–Trinajstić information content (AvgIpc) is 3.09. The van der Waals surface area contributed by atoms with E-state index >= 15 is 0 Å². The average molecular weight is 680 g/mol. The van der Waals surface area contributed by atoms with Crippen molar-refractivity contribution in [3.63, 3.8) is 0 Å². The largest absolute Gasteiger partial charge is 0.394 e. The summed E-state index contributed by atoms with van der Waals surface area (Å²) in [5, 5.41) is 33.4. The van der Waals surface area contributed by atoms with Crippen LogP contribution in [0.25, 0.3) is 0 Å². The smallest absolute Gasteiger partial charge is 0.220 e. The molecular weight excluding hydrogens is 594 g/mol. The number of allylic oxidation sites excluding steroid dienone is 2. The molecule has 0 aliphatic rings. The van der Waals surface area contributed by atoms with Crippen LogP contribution in [0.15, 0.2) is 12.2 Å². The fraction of sp³-hybridized carbons (Fsp3) is 0.930. The van der Waals surface area contributed by atoms with Crippen LogP contribution in [0.3, 0.4) is 0 Å². The van der Waals surface area contributed by atoms with Crippen LogP contribution >= 0.6 is 0 Å². The fourth-order valence-electron chi connectivity index (χ4n) is 6.75. The Hall–Kier alpha value is -0.910. The summed E-state index contributed by atoms with van der Waals surface area (Å²) in [4.78, 5) is 12.4. The number of aliphatic hydroxyl groups excluding tert-OH is 3. The Morgan fingerprint density at radius 2 is 0.833 bits per heavy atom. The van der Waals surface area contributed by atoms with E-state index in [9.17, 15) is 20.1 Å². The number of amides is 1. The van der Waals surface area contributed by atoms with Crippen LogP contribution in [0.5, 0.6) is 0 Å². The van der Waals surface area contributed by atoms with Crippen molar-refractivity contribution in [1.82, 2.24) is 5.32 Å². The Morgan fingerprint density at radius 1 is 0.500 bits per heavy atom. The van der Waals surface area contributed by atoms with E-state index in [4.69, 9.17) is 0 Å². The van der Waals surface area contributed by atoms with Gasteiger partial charge in [-0.15, -0.1) is 0 Å². The number of unbranched alkanes of at least 4 members (excludes halogenated alkanes) is 29. The molecule has 0 saturated carbocycles. The molecule has 0 aromatic carbocycles. The molecule has 0 rings (SSSR count). The van der Waals surface area contributed by atoms with E-state index in [1.165, 1.54) is 167 Å². The summed E-state index contributed by atoms with van der Waals surface area (Å²) < 4.78 is 0. The summed E-state index contributed by atoms with van der Waals surface area (Å²) in [6, 6.07) is -0.807. The van der Waals surface area contributed by atoms with Crippen LogP contribution in [0, 0.1) is 0 Å². The highest BCUT2D eigenvalue weighted by atomic mass is 16.3. The Balaban J connectivity index is 3.60. The number of aliphatic hydroxyl groups is 3. The van der Waals surface area contributed by atoms with Gasteiger partial charge in [-0.1, -0.05) is 199 Å². The first-order chi connectivity index (χ1) is 23.6. The fourth-order valence-corrected chi connectivity index (χ4v) is 6.75. The van der Waals surface area contributed by atoms with E-state index in [0.29, 0.717) is 12.8 Å². The zero-order chi connectivity index (χ0) is 35.2. The SMILES string of the molecule is CCCCCCCCCCCCC/C=C\CCCCCCCCCC(=O)NC(CO)C(O)C(O)CCCCCCCCCCCCCC. The molecule has 0 bridgehead atoms. The summed E-state index contributed by atoms with van der Waals surface area (Å²) in [6.45, 7) is 4.18. The highest BCUT2D eigenvalue weighted by Gasteiger charge is 2.26. The third kappa shape index (κ3) is 33.6. The predicted molar refractivity (Wildman–Crippen MR) is 208 cm³/mol. The molecule has 0 fully saturated rings. The third-order valence-electron chi connectivity index (χ3n) is 10.1. The Labute approximate surface area is 299 Å². The molecule has 3 atom stereocenters. The van der Waals surface area contributed by atoms with E-state index in [1.54, 1.807) is 0 Å². The summed E-state index contributed by atoms with van der Waals surface area (Å²) in [6.07, 6.45) is 44.6. The van der Waals surface area contributed by atoms with Gasteiger partial charge in [0.2, 0.25) is 5.91 Å². The van der Waals surface area contributed by atoms with Crippen LogP contribution in [0.1, 0.15) is 232 Å². The highest BCUT2D eigenvalue weighted by molar-refractivity contribution is 5.76. The molecule has 0 aromatic rings. The first-order valence-electron chi connectivity index (χ1n) is 21.5. The molecule has 286 valence electrons. The number of rotatable bonds is 39. The van der Waals surface area contributed by atoms with Crippen LogP contribution in [0.4, 0.5) is 0 Å². The first-order valence-corrected chi connectivity index (χ1v) is 21.5. The maximum atomic E-state index is 12.4. The molecule has 0 radical (unpaired) electrons. The quantitative estimate of drug-likeness (QED) is 0.0384. The van der Waals surface area contributed by atoms with E-state index in [2.05, 4.69) is 31.3 Å². The normalized spacial score (nSPS) is 13.7. The van der Waals surface area contributed by atoms with Crippen molar-refractivity contribution in [3.8, 4) is 0 Å². The number of nitrogens with one attached hydrogen (secondary N) is 1. The zero-order valence-electron chi connectivity index (χ0n) is 32.4. The van der Waals surface area contributed by atoms with Gasteiger partial charge in [-0.25, -0.2) is 0 Å². The Morgan fingerprint density at radius 3 is 1.21 bits per heavy atom. The minimum Gasteiger partial charge on any atom is -0.394 e. The van der Waals surface area contributed by atoms with Gasteiger partial charge in [-0.2, -0.15) is 0 Å². The minimum absolute atomic E-state index is 0.148. The predicted octanol–water partition coefficient (Wildman–Crippen LogP) is 12.0. The number of carbonyl (C=O) groups excluding carboxylic acids is 1. The number of carbonyl (C=O) groups is 1. The highest BCUT2D eigenvalue weighted by Crippen LogP contribution is 2.16. The van der Waals surface area contributed by atoms with E-state index in [1.807, 2.05) is 0 Å². The molecule has 0 aromatic heterocycles. The Kier molecular flexibility index (Phi) is 38.1. The minimum atomic E-state index is -1.13. The lowest BCUT2D eigenvalue weighted by Crippen LogP contribution is -2.50. The maximum Gasteiger partial charge on any atom is 0.220 e. The van der Waals surface area contributed by atoms with Crippen molar-refractivity contribution in [1.29, 1.82) is 0 Å². The lowest BCUT2D eigenvalue weighted by molar-refractivity contribution is -0.124. The topological polar surface area (TPSA) is 89.8 Å². The summed E-state index contributed by atoms with van der Waals surface area (Å²) in [7, 11) is 0. The van der Waals surface area contributed by atoms with Crippen molar-refractivity contribution in [2.75, 3.05) is 6.61 Å². The van der Waals surface area contributed by atoms with E-state index in [-0.39, 0.29) is 12.5 Å². The van der Waals surface area contributed by atoms with Crippen molar-refractivity contribution in [3.05, 3.63) is 12.2 Å². The van der Waals surface area contributed by atoms with Crippen molar-refractivity contribution >= 4 is 5.91 Å². The molecule has 5 nitrogen and oxygen atoms in total. The van der Waals surface area contributed by atoms with Crippen molar-refractivity contribution in [2.24, 2.45) is 0 Å². The maximum absolute atomic E-state index is 12.4. The third-order valence-corrected chi connectivity index (χ3v) is 10.1. The Bertz CT molecular complexity index is 669. The number of hydrogen-bond acceptors (Lipinski definition) is 4. The molecule has 0 aliphatic heterocycles. The van der Waals surface area contributed by atoms with Crippen LogP contribution in [-0.2, 0) is 4.79 Å². The van der Waals surface area contributed by atoms with E-state index in [0.717, 1.165) is 38.5 Å². The van der Waals surface area contributed by atoms with Gasteiger partial charge in [-0.05, 0) is 38.5 Å². The molecular formula is C43H85NO4. The van der Waals surface area contributed by atoms with Gasteiger partial charge in [-0.3, -0.25) is 4.79 Å². The molecule has 0 aliphatic carbocycles. The molecule has 0 spiro atoms. The van der Waals surface area contributed by atoms with Crippen molar-refractivity contribution < 1.29 is 20.1 Å². The molecule has 5 heteroatoms. The van der Waals surface area contributed by atoms with Gasteiger partial charge in [0, 0.05) is 6.42 Å². The lowest BCUT2D eigenvalue weighted by Gasteiger charge is -2.26. The van der Waals surface area contributed by atoms with Gasteiger partial charge in [0.05, 0.1) is 18.8 Å². The van der Waals surface area contributed by atoms with Gasteiger partial charge < -0.3 is 20.6 Å². The van der Waals surface area contributed by atoms with Gasteiger partial charge >= 0.3 is 0 Å². The summed E-state index contributed by atoms with van der Waals surface area (Å²) in [5.41, 5.74) is 0. The monoisotopic (exact) mass is 680 g/mol. The number of hydrogen-bond donors (Lipinski definition) is 4. The first kappa shape index (κ1) is 47.1. The molecule has 1 amide bonds. The second kappa shape index (κ2) is 38.9. The summed E-state index contributed by atoms with van der Waals surface area (Å²) >= 11 is 0. The van der Waals surface area contributed by atoms with E-state index < -0.39 is 18.2 Å².